The number of rotatable bonds is 6. The lowest BCUT2D eigenvalue weighted by atomic mass is 10.1. The fourth-order valence-electron chi connectivity index (χ4n) is 2.97. The first-order chi connectivity index (χ1) is 13.5. The third-order valence-corrected chi connectivity index (χ3v) is 6.16. The van der Waals surface area contributed by atoms with Crippen molar-refractivity contribution in [3.8, 4) is 0 Å². The molecule has 2 atom stereocenters. The largest absolute Gasteiger partial charge is 0.447 e. The normalized spacial score (nSPS) is 17.5. The zero-order chi connectivity index (χ0) is 20.1. The SMILES string of the molecule is CC[C@@H](COC(=O)Nc1ccc(Cl)cc1)N1C(=O)CS[C@@H]1c1ccc(Cl)cc1. The number of amides is 2. The Balaban J connectivity index is 1.63. The van der Waals surface area contributed by atoms with Crippen molar-refractivity contribution in [3.05, 3.63) is 64.1 Å². The Hall–Kier alpha value is -1.89. The van der Waals surface area contributed by atoms with E-state index in [1.807, 2.05) is 36.1 Å². The molecule has 2 aromatic carbocycles. The predicted molar refractivity (Wildman–Crippen MR) is 114 cm³/mol. The van der Waals surface area contributed by atoms with E-state index in [4.69, 9.17) is 27.9 Å². The number of nitrogens with one attached hydrogen (secondary N) is 1. The summed E-state index contributed by atoms with van der Waals surface area (Å²) in [6.07, 6.45) is 0.105. The molecule has 3 rings (SSSR count). The fraction of sp³-hybridized carbons (Fsp3) is 0.300. The van der Waals surface area contributed by atoms with Crippen molar-refractivity contribution in [2.75, 3.05) is 17.7 Å². The van der Waals surface area contributed by atoms with Crippen molar-refractivity contribution in [2.24, 2.45) is 0 Å². The van der Waals surface area contributed by atoms with Gasteiger partial charge in [0.2, 0.25) is 5.91 Å². The zero-order valence-corrected chi connectivity index (χ0v) is 17.6. The number of carbonyl (C=O) groups is 2. The third-order valence-electron chi connectivity index (χ3n) is 4.42. The lowest BCUT2D eigenvalue weighted by molar-refractivity contribution is -0.131. The van der Waals surface area contributed by atoms with Gasteiger partial charge in [-0.2, -0.15) is 0 Å². The van der Waals surface area contributed by atoms with Gasteiger partial charge in [0.05, 0.1) is 11.8 Å². The Morgan fingerprint density at radius 3 is 2.39 bits per heavy atom. The number of halogens is 2. The third kappa shape index (κ3) is 5.13. The van der Waals surface area contributed by atoms with E-state index in [1.165, 1.54) is 0 Å². The molecule has 2 amide bonds. The van der Waals surface area contributed by atoms with Gasteiger partial charge in [0.25, 0.3) is 0 Å². The van der Waals surface area contributed by atoms with Gasteiger partial charge in [-0.15, -0.1) is 11.8 Å². The summed E-state index contributed by atoms with van der Waals surface area (Å²) in [5.74, 6) is 0.444. The second-order valence-electron chi connectivity index (χ2n) is 6.31. The van der Waals surface area contributed by atoms with Gasteiger partial charge in [-0.25, -0.2) is 4.79 Å². The molecule has 28 heavy (non-hydrogen) atoms. The Labute approximate surface area is 178 Å². The number of ether oxygens (including phenoxy) is 1. The molecule has 0 unspecified atom stereocenters. The van der Waals surface area contributed by atoms with Gasteiger partial charge >= 0.3 is 6.09 Å². The van der Waals surface area contributed by atoms with E-state index in [1.54, 1.807) is 36.0 Å². The number of hydrogen-bond acceptors (Lipinski definition) is 4. The minimum atomic E-state index is -0.567. The maximum Gasteiger partial charge on any atom is 0.411 e. The highest BCUT2D eigenvalue weighted by atomic mass is 35.5. The maximum absolute atomic E-state index is 12.5. The molecule has 0 spiro atoms. The summed E-state index contributed by atoms with van der Waals surface area (Å²) >= 11 is 13.4. The summed E-state index contributed by atoms with van der Waals surface area (Å²) in [6, 6.07) is 14.0. The zero-order valence-electron chi connectivity index (χ0n) is 15.2. The molecule has 1 saturated heterocycles. The number of anilines is 1. The second kappa shape index (κ2) is 9.54. The average Bonchev–Trinajstić information content (AvgIpc) is 3.06. The number of benzene rings is 2. The van der Waals surface area contributed by atoms with Crippen LogP contribution >= 0.6 is 35.0 Å². The van der Waals surface area contributed by atoms with Crippen molar-refractivity contribution in [1.82, 2.24) is 4.90 Å². The van der Waals surface area contributed by atoms with Gasteiger partial charge in [-0.05, 0) is 48.4 Å². The van der Waals surface area contributed by atoms with Crippen LogP contribution in [0.3, 0.4) is 0 Å². The van der Waals surface area contributed by atoms with Crippen LogP contribution in [0.2, 0.25) is 10.0 Å². The first kappa shape index (κ1) is 20.8. The quantitative estimate of drug-likeness (QED) is 0.637. The molecule has 0 bridgehead atoms. The molecule has 2 aromatic rings. The van der Waals surface area contributed by atoms with E-state index in [-0.39, 0.29) is 23.9 Å². The van der Waals surface area contributed by atoms with Crippen LogP contribution in [0.4, 0.5) is 10.5 Å². The van der Waals surface area contributed by atoms with E-state index in [0.717, 1.165) is 5.56 Å². The highest BCUT2D eigenvalue weighted by Crippen LogP contribution is 2.40. The molecule has 1 N–H and O–H groups in total. The van der Waals surface area contributed by atoms with Gasteiger partial charge in [0.15, 0.2) is 0 Å². The summed E-state index contributed by atoms with van der Waals surface area (Å²) in [6.45, 7) is 2.09. The van der Waals surface area contributed by atoms with Crippen LogP contribution in [0.25, 0.3) is 0 Å². The summed E-state index contributed by atoms with van der Waals surface area (Å²) in [4.78, 5) is 26.4. The lowest BCUT2D eigenvalue weighted by Gasteiger charge is -2.32. The van der Waals surface area contributed by atoms with Gasteiger partial charge in [-0.3, -0.25) is 10.1 Å². The van der Waals surface area contributed by atoms with Crippen molar-refractivity contribution in [2.45, 2.75) is 24.8 Å². The Morgan fingerprint density at radius 1 is 1.18 bits per heavy atom. The van der Waals surface area contributed by atoms with Crippen LogP contribution in [-0.2, 0) is 9.53 Å². The van der Waals surface area contributed by atoms with Crippen molar-refractivity contribution in [3.63, 3.8) is 0 Å². The predicted octanol–water partition coefficient (Wildman–Crippen LogP) is 5.59. The monoisotopic (exact) mass is 438 g/mol. The molecule has 1 heterocycles. The van der Waals surface area contributed by atoms with Crippen molar-refractivity contribution < 1.29 is 14.3 Å². The molecule has 148 valence electrons. The topological polar surface area (TPSA) is 58.6 Å². The highest BCUT2D eigenvalue weighted by Gasteiger charge is 2.37. The van der Waals surface area contributed by atoms with Crippen LogP contribution in [0, 0.1) is 0 Å². The van der Waals surface area contributed by atoms with Crippen LogP contribution in [0.1, 0.15) is 24.3 Å². The summed E-state index contributed by atoms with van der Waals surface area (Å²) < 4.78 is 5.39. The van der Waals surface area contributed by atoms with Crippen molar-refractivity contribution in [1.29, 1.82) is 0 Å². The first-order valence-corrected chi connectivity index (χ1v) is 10.7. The van der Waals surface area contributed by atoms with Crippen LogP contribution in [0.15, 0.2) is 48.5 Å². The molecular formula is C20H20Cl2N2O3S. The van der Waals surface area contributed by atoms with Gasteiger partial charge in [0, 0.05) is 15.7 Å². The number of thioether (sulfide) groups is 1. The molecule has 5 nitrogen and oxygen atoms in total. The highest BCUT2D eigenvalue weighted by molar-refractivity contribution is 8.00. The summed E-state index contributed by atoms with van der Waals surface area (Å²) in [7, 11) is 0. The van der Waals surface area contributed by atoms with Gasteiger partial charge in [-0.1, -0.05) is 42.3 Å². The first-order valence-electron chi connectivity index (χ1n) is 8.85. The second-order valence-corrected chi connectivity index (χ2v) is 8.25. The van der Waals surface area contributed by atoms with Crippen molar-refractivity contribution >= 4 is 52.7 Å². The minimum absolute atomic E-state index is 0.0403. The molecule has 8 heteroatoms. The number of hydrogen-bond donors (Lipinski definition) is 1. The van der Waals surface area contributed by atoms with Crippen LogP contribution in [0.5, 0.6) is 0 Å². The van der Waals surface area contributed by atoms with Crippen LogP contribution < -0.4 is 5.32 Å². The Morgan fingerprint density at radius 2 is 1.79 bits per heavy atom. The number of carbonyl (C=O) groups excluding carboxylic acids is 2. The van der Waals surface area contributed by atoms with E-state index in [2.05, 4.69) is 5.32 Å². The summed E-state index contributed by atoms with van der Waals surface area (Å²) in [5.41, 5.74) is 1.60. The molecule has 0 radical (unpaired) electrons. The van der Waals surface area contributed by atoms with Gasteiger partial charge in [0.1, 0.15) is 12.0 Å². The van der Waals surface area contributed by atoms with E-state index >= 15 is 0 Å². The smallest absolute Gasteiger partial charge is 0.411 e. The molecule has 0 aromatic heterocycles. The molecule has 0 aliphatic carbocycles. The molecule has 1 aliphatic heterocycles. The molecular weight excluding hydrogens is 419 g/mol. The fourth-order valence-corrected chi connectivity index (χ4v) is 4.47. The Bertz CT molecular complexity index is 830. The average molecular weight is 439 g/mol. The van der Waals surface area contributed by atoms with E-state index in [0.29, 0.717) is 27.9 Å². The number of nitrogens with zero attached hydrogens (tertiary/aromatic N) is 1. The van der Waals surface area contributed by atoms with Crippen LogP contribution in [-0.4, -0.2) is 35.3 Å². The Kier molecular flexibility index (Phi) is 7.10. The molecule has 1 fully saturated rings. The molecule has 1 aliphatic rings. The van der Waals surface area contributed by atoms with E-state index in [9.17, 15) is 9.59 Å². The summed E-state index contributed by atoms with van der Waals surface area (Å²) in [5, 5.41) is 3.78. The lowest BCUT2D eigenvalue weighted by Crippen LogP contribution is -2.41. The van der Waals surface area contributed by atoms with Gasteiger partial charge < -0.3 is 9.64 Å². The maximum atomic E-state index is 12.5. The molecule has 0 saturated carbocycles. The standard InChI is InChI=1S/C20H20Cl2N2O3S/c1-2-17(11-27-20(26)23-16-9-7-15(22)8-10-16)24-18(25)12-28-19(24)13-3-5-14(21)6-4-13/h3-10,17,19H,2,11-12H2,1H3,(H,23,26)/t17-,19+/m0/s1. The van der Waals surface area contributed by atoms with E-state index < -0.39 is 6.09 Å². The minimum Gasteiger partial charge on any atom is -0.447 e.